The average Bonchev–Trinajstić information content (AvgIpc) is 2.75. The lowest BCUT2D eigenvalue weighted by molar-refractivity contribution is -0.124. The van der Waals surface area contributed by atoms with E-state index in [1.54, 1.807) is 24.3 Å². The van der Waals surface area contributed by atoms with Gasteiger partial charge >= 0.3 is 5.97 Å². The van der Waals surface area contributed by atoms with Crippen molar-refractivity contribution in [2.45, 2.75) is 32.3 Å². The summed E-state index contributed by atoms with van der Waals surface area (Å²) in [6.45, 7) is 1.41. The van der Waals surface area contributed by atoms with Crippen LogP contribution in [0.15, 0.2) is 24.3 Å². The van der Waals surface area contributed by atoms with E-state index < -0.39 is 12.1 Å². The van der Waals surface area contributed by atoms with E-state index in [2.05, 4.69) is 5.32 Å². The van der Waals surface area contributed by atoms with E-state index in [9.17, 15) is 14.4 Å². The molecule has 1 aliphatic carbocycles. The van der Waals surface area contributed by atoms with E-state index >= 15 is 0 Å². The molecule has 5 heteroatoms. The summed E-state index contributed by atoms with van der Waals surface area (Å²) >= 11 is 0. The maximum atomic E-state index is 11.8. The second kappa shape index (κ2) is 5.65. The number of esters is 1. The molecule has 100 valence electrons. The molecule has 1 aliphatic rings. The first kappa shape index (κ1) is 13.3. The molecule has 1 atom stereocenters. The molecule has 1 saturated carbocycles. The minimum atomic E-state index is -0.595. The van der Waals surface area contributed by atoms with Crippen LogP contribution in [0.2, 0.25) is 0 Å². The SMILES string of the molecule is CC(=O)Nc1ccc(C(=O)O[C@H]2CCCC2=O)cc1. The lowest BCUT2D eigenvalue weighted by Gasteiger charge is -2.10. The Morgan fingerprint density at radius 1 is 1.26 bits per heavy atom. The van der Waals surface area contributed by atoms with Crippen LogP contribution in [0, 0.1) is 0 Å². The number of hydrogen-bond acceptors (Lipinski definition) is 4. The summed E-state index contributed by atoms with van der Waals surface area (Å²) in [4.78, 5) is 34.1. The third-order valence-electron chi connectivity index (χ3n) is 2.94. The third-order valence-corrected chi connectivity index (χ3v) is 2.94. The van der Waals surface area contributed by atoms with Gasteiger partial charge in [-0.2, -0.15) is 0 Å². The molecule has 5 nitrogen and oxygen atoms in total. The average molecular weight is 261 g/mol. The number of nitrogens with one attached hydrogen (secondary N) is 1. The molecule has 1 N–H and O–H groups in total. The molecule has 0 radical (unpaired) electrons. The standard InChI is InChI=1S/C14H15NO4/c1-9(16)15-11-7-5-10(6-8-11)14(18)19-13-4-2-3-12(13)17/h5-8,13H,2-4H2,1H3,(H,15,16)/t13-/m0/s1. The summed E-state index contributed by atoms with van der Waals surface area (Å²) < 4.78 is 5.15. The zero-order valence-electron chi connectivity index (χ0n) is 10.6. The highest BCUT2D eigenvalue weighted by Gasteiger charge is 2.28. The summed E-state index contributed by atoms with van der Waals surface area (Å²) in [6, 6.07) is 6.36. The number of ether oxygens (including phenoxy) is 1. The first-order chi connectivity index (χ1) is 9.06. The van der Waals surface area contributed by atoms with Gasteiger partial charge in [-0.1, -0.05) is 0 Å². The number of benzene rings is 1. The van der Waals surface area contributed by atoms with Crippen molar-refractivity contribution in [3.63, 3.8) is 0 Å². The molecule has 1 aromatic carbocycles. The van der Waals surface area contributed by atoms with Gasteiger partial charge in [0.05, 0.1) is 5.56 Å². The predicted octanol–water partition coefficient (Wildman–Crippen LogP) is 1.92. The Labute approximate surface area is 110 Å². The van der Waals surface area contributed by atoms with Gasteiger partial charge in [-0.3, -0.25) is 9.59 Å². The van der Waals surface area contributed by atoms with E-state index in [-0.39, 0.29) is 11.7 Å². The largest absolute Gasteiger partial charge is 0.451 e. The Morgan fingerprint density at radius 3 is 2.47 bits per heavy atom. The Morgan fingerprint density at radius 2 is 1.95 bits per heavy atom. The molecule has 0 unspecified atom stereocenters. The predicted molar refractivity (Wildman–Crippen MR) is 68.8 cm³/mol. The number of rotatable bonds is 3. The van der Waals surface area contributed by atoms with Crippen molar-refractivity contribution in [2.75, 3.05) is 5.32 Å². The van der Waals surface area contributed by atoms with Crippen molar-refractivity contribution in [3.8, 4) is 0 Å². The highest BCUT2D eigenvalue weighted by molar-refractivity contribution is 5.94. The third kappa shape index (κ3) is 3.40. The quantitative estimate of drug-likeness (QED) is 0.844. The van der Waals surface area contributed by atoms with Gasteiger partial charge in [-0.05, 0) is 37.1 Å². The fourth-order valence-corrected chi connectivity index (χ4v) is 2.00. The number of Topliss-reactive ketones (excluding diaryl/α,β-unsaturated/α-hetero) is 1. The van der Waals surface area contributed by atoms with Gasteiger partial charge in [0.15, 0.2) is 11.9 Å². The first-order valence-electron chi connectivity index (χ1n) is 6.17. The molecular formula is C14H15NO4. The highest BCUT2D eigenvalue weighted by Crippen LogP contribution is 2.19. The highest BCUT2D eigenvalue weighted by atomic mass is 16.5. The molecule has 2 rings (SSSR count). The number of ketones is 1. The number of hydrogen-bond donors (Lipinski definition) is 1. The van der Waals surface area contributed by atoms with E-state index in [1.165, 1.54) is 6.92 Å². The fourth-order valence-electron chi connectivity index (χ4n) is 2.00. The van der Waals surface area contributed by atoms with Crippen molar-refractivity contribution in [3.05, 3.63) is 29.8 Å². The number of anilines is 1. The summed E-state index contributed by atoms with van der Waals surface area (Å²) in [5, 5.41) is 2.61. The van der Waals surface area contributed by atoms with Crippen LogP contribution >= 0.6 is 0 Å². The van der Waals surface area contributed by atoms with Crippen LogP contribution in [-0.2, 0) is 14.3 Å². The van der Waals surface area contributed by atoms with Crippen LogP contribution < -0.4 is 5.32 Å². The zero-order valence-corrected chi connectivity index (χ0v) is 10.6. The van der Waals surface area contributed by atoms with Crippen LogP contribution in [0.1, 0.15) is 36.5 Å². The van der Waals surface area contributed by atoms with Gasteiger partial charge in [0.2, 0.25) is 5.91 Å². The first-order valence-corrected chi connectivity index (χ1v) is 6.17. The topological polar surface area (TPSA) is 72.5 Å². The molecule has 0 aliphatic heterocycles. The maximum Gasteiger partial charge on any atom is 0.338 e. The van der Waals surface area contributed by atoms with E-state index in [1.807, 2.05) is 0 Å². The van der Waals surface area contributed by atoms with Gasteiger partial charge in [0.25, 0.3) is 0 Å². The molecule has 0 saturated heterocycles. The Kier molecular flexibility index (Phi) is 3.94. The van der Waals surface area contributed by atoms with Crippen molar-refractivity contribution < 1.29 is 19.1 Å². The number of carbonyl (C=O) groups excluding carboxylic acids is 3. The molecule has 0 aromatic heterocycles. The van der Waals surface area contributed by atoms with E-state index in [0.717, 1.165) is 6.42 Å². The molecule has 19 heavy (non-hydrogen) atoms. The van der Waals surface area contributed by atoms with Gasteiger partial charge < -0.3 is 10.1 Å². The van der Waals surface area contributed by atoms with Gasteiger partial charge in [-0.15, -0.1) is 0 Å². The Hall–Kier alpha value is -2.17. The summed E-state index contributed by atoms with van der Waals surface area (Å²) in [6.07, 6.45) is 1.27. The number of amides is 1. The van der Waals surface area contributed by atoms with Gasteiger partial charge in [-0.25, -0.2) is 4.79 Å². The molecule has 0 heterocycles. The van der Waals surface area contributed by atoms with Crippen LogP contribution in [0.25, 0.3) is 0 Å². The molecule has 1 fully saturated rings. The van der Waals surface area contributed by atoms with Crippen LogP contribution in [0.3, 0.4) is 0 Å². The maximum absolute atomic E-state index is 11.8. The summed E-state index contributed by atoms with van der Waals surface area (Å²) in [5.74, 6) is -0.690. The fraction of sp³-hybridized carbons (Fsp3) is 0.357. The van der Waals surface area contributed by atoms with E-state index in [4.69, 9.17) is 4.74 Å². The van der Waals surface area contributed by atoms with Crippen molar-refractivity contribution >= 4 is 23.3 Å². The minimum Gasteiger partial charge on any atom is -0.451 e. The van der Waals surface area contributed by atoms with Gasteiger partial charge in [0, 0.05) is 19.0 Å². The zero-order chi connectivity index (χ0) is 13.8. The van der Waals surface area contributed by atoms with Crippen molar-refractivity contribution in [2.24, 2.45) is 0 Å². The lowest BCUT2D eigenvalue weighted by atomic mass is 10.2. The normalized spacial score (nSPS) is 18.2. The Balaban J connectivity index is 1.99. The second-order valence-electron chi connectivity index (χ2n) is 4.51. The second-order valence-corrected chi connectivity index (χ2v) is 4.51. The molecular weight excluding hydrogens is 246 g/mol. The lowest BCUT2D eigenvalue weighted by Crippen LogP contribution is -2.22. The van der Waals surface area contributed by atoms with Gasteiger partial charge in [0.1, 0.15) is 0 Å². The van der Waals surface area contributed by atoms with Crippen molar-refractivity contribution in [1.29, 1.82) is 0 Å². The van der Waals surface area contributed by atoms with Crippen LogP contribution in [0.5, 0.6) is 0 Å². The number of carbonyl (C=O) groups is 3. The molecule has 1 aromatic rings. The monoisotopic (exact) mass is 261 g/mol. The molecule has 0 spiro atoms. The smallest absolute Gasteiger partial charge is 0.338 e. The summed E-state index contributed by atoms with van der Waals surface area (Å²) in [5.41, 5.74) is 0.981. The summed E-state index contributed by atoms with van der Waals surface area (Å²) in [7, 11) is 0. The molecule has 1 amide bonds. The van der Waals surface area contributed by atoms with Crippen LogP contribution in [-0.4, -0.2) is 23.8 Å². The molecule has 0 bridgehead atoms. The van der Waals surface area contributed by atoms with E-state index in [0.29, 0.717) is 24.1 Å². The minimum absolute atomic E-state index is 0.0109. The van der Waals surface area contributed by atoms with Crippen LogP contribution in [0.4, 0.5) is 5.69 Å². The van der Waals surface area contributed by atoms with Crippen molar-refractivity contribution in [1.82, 2.24) is 0 Å². The Bertz CT molecular complexity index is 507.